The zero-order valence-corrected chi connectivity index (χ0v) is 35.6. The van der Waals surface area contributed by atoms with Gasteiger partial charge in [0.1, 0.15) is 12.7 Å². The van der Waals surface area contributed by atoms with Gasteiger partial charge < -0.3 is 20.5 Å². The highest BCUT2D eigenvalue weighted by molar-refractivity contribution is 6.03. The summed E-state index contributed by atoms with van der Waals surface area (Å²) in [7, 11) is 0. The van der Waals surface area contributed by atoms with E-state index in [1.54, 1.807) is 0 Å². The molecule has 0 bridgehead atoms. The molecule has 7 aliphatic rings. The summed E-state index contributed by atoms with van der Waals surface area (Å²) in [4.78, 5) is 54.6. The number of hydrogen-bond donors (Lipinski definition) is 2. The van der Waals surface area contributed by atoms with Gasteiger partial charge in [-0.15, -0.1) is 0 Å². The Morgan fingerprint density at radius 3 is 2.11 bits per heavy atom. The third kappa shape index (κ3) is 5.67. The molecule has 0 heterocycles. The maximum Gasteiger partial charge on any atom is 0.309 e. The van der Waals surface area contributed by atoms with E-state index < -0.39 is 16.5 Å². The van der Waals surface area contributed by atoms with Crippen LogP contribution < -0.4 is 11.1 Å². The van der Waals surface area contributed by atoms with Crippen LogP contribution in [0.4, 0.5) is 0 Å². The first-order valence-corrected chi connectivity index (χ1v) is 21.9. The molecule has 0 saturated heterocycles. The number of carbonyl (C=O) groups excluding carboxylic acids is 4. The lowest BCUT2D eigenvalue weighted by Gasteiger charge is -2.72. The van der Waals surface area contributed by atoms with Crippen molar-refractivity contribution in [1.82, 2.24) is 5.32 Å². The van der Waals surface area contributed by atoms with Crippen molar-refractivity contribution in [3.63, 3.8) is 0 Å². The van der Waals surface area contributed by atoms with Crippen LogP contribution in [0, 0.1) is 62.6 Å². The highest BCUT2D eigenvalue weighted by Crippen LogP contribution is 2.76. The minimum absolute atomic E-state index is 0.0136. The van der Waals surface area contributed by atoms with Crippen LogP contribution in [0.2, 0.25) is 0 Å². The quantitative estimate of drug-likeness (QED) is 0.254. The number of hydrogen-bond acceptors (Lipinski definition) is 7. The average Bonchev–Trinajstić information content (AvgIpc) is 3.81. The van der Waals surface area contributed by atoms with Crippen molar-refractivity contribution in [1.29, 1.82) is 0 Å². The zero-order chi connectivity index (χ0) is 40.4. The summed E-state index contributed by atoms with van der Waals surface area (Å²) in [6.45, 7) is 20.9. The number of Topliss-reactive ketones (excluding diaryl/α,β-unsaturated/α-hetero) is 1. The second-order valence-electron chi connectivity index (χ2n) is 21.9. The second-order valence-corrected chi connectivity index (χ2v) is 21.9. The Morgan fingerprint density at radius 1 is 0.786 bits per heavy atom. The van der Waals surface area contributed by atoms with Gasteiger partial charge >= 0.3 is 11.9 Å². The summed E-state index contributed by atoms with van der Waals surface area (Å²) in [6, 6.07) is 9.70. The second kappa shape index (κ2) is 13.0. The first-order chi connectivity index (χ1) is 26.1. The number of amides is 1. The average molecular weight is 769 g/mol. The van der Waals surface area contributed by atoms with E-state index in [9.17, 15) is 19.2 Å². The highest BCUT2D eigenvalue weighted by Gasteiger charge is 2.71. The minimum Gasteiger partial charge on any atom is -0.462 e. The molecular formula is C48H68N2O6. The molecule has 1 aromatic carbocycles. The summed E-state index contributed by atoms with van der Waals surface area (Å²) < 4.78 is 12.2. The molecule has 0 unspecified atom stereocenters. The van der Waals surface area contributed by atoms with E-state index in [0.717, 1.165) is 62.5 Å². The van der Waals surface area contributed by atoms with E-state index >= 15 is 0 Å². The molecule has 306 valence electrons. The SMILES string of the molecule is CC(C)C1=C2[C@H]3CC[C@@H]4[C@@]5(C)CC[C@H](OC(=O)[C@@H]6C[C@H](C(=O)OCc7ccccc7)C6(C)C)C(C)(C)[C@@H]5CC[C@@]4(C)[C@]3(C)CC[C@@]2(NC(=O)C2(N)CC2)CC1=O. The lowest BCUT2D eigenvalue weighted by molar-refractivity contribution is -0.235. The molecule has 0 aromatic heterocycles. The Kier molecular flexibility index (Phi) is 9.24. The van der Waals surface area contributed by atoms with Crippen LogP contribution in [0.25, 0.3) is 0 Å². The highest BCUT2D eigenvalue weighted by atomic mass is 16.5. The number of carbonyl (C=O) groups is 4. The van der Waals surface area contributed by atoms with Crippen LogP contribution in [-0.2, 0) is 35.3 Å². The van der Waals surface area contributed by atoms with Gasteiger partial charge in [0.05, 0.1) is 22.9 Å². The standard InChI is InChI=1S/C48H68N2O6/c1-28(2)37-33(51)26-48(50-41(54)47(49)22-23-47)24-21-45(8)30(38(37)48)15-16-35-44(7)19-18-36(43(5,6)34(44)17-20-46(35,45)9)56-40(53)32-25-31(42(32,3)4)39(52)55-27-29-13-11-10-12-14-29/h10-14,28,30-32,34-36H,15-27,49H2,1-9H3,(H,50,54)/t30-,31-,32+,34+,35-,36+,44+,45-,46-,48-/m1/s1. The molecular weight excluding hydrogens is 701 g/mol. The van der Waals surface area contributed by atoms with Crippen LogP contribution in [0.3, 0.4) is 0 Å². The van der Waals surface area contributed by atoms with Crippen LogP contribution >= 0.6 is 0 Å². The van der Waals surface area contributed by atoms with E-state index in [4.69, 9.17) is 15.2 Å². The van der Waals surface area contributed by atoms with Gasteiger partial charge in [-0.2, -0.15) is 0 Å². The van der Waals surface area contributed by atoms with Gasteiger partial charge in [0.2, 0.25) is 5.91 Å². The molecule has 3 N–H and O–H groups in total. The summed E-state index contributed by atoms with van der Waals surface area (Å²) in [5.41, 5.74) is 7.60. The molecule has 0 aliphatic heterocycles. The number of esters is 2. The van der Waals surface area contributed by atoms with Gasteiger partial charge in [0.25, 0.3) is 0 Å². The molecule has 10 atom stereocenters. The summed E-state index contributed by atoms with van der Waals surface area (Å²) >= 11 is 0. The van der Waals surface area contributed by atoms with Gasteiger partial charge in [-0.3, -0.25) is 19.2 Å². The number of nitrogens with two attached hydrogens (primary N) is 1. The molecule has 6 saturated carbocycles. The topological polar surface area (TPSA) is 125 Å². The molecule has 8 heteroatoms. The van der Waals surface area contributed by atoms with Crippen LogP contribution in [0.1, 0.15) is 145 Å². The van der Waals surface area contributed by atoms with Gasteiger partial charge in [-0.1, -0.05) is 92.6 Å². The number of ether oxygens (including phenoxy) is 2. The molecule has 6 fully saturated rings. The molecule has 7 aliphatic carbocycles. The fourth-order valence-corrected chi connectivity index (χ4v) is 14.4. The largest absolute Gasteiger partial charge is 0.462 e. The number of fused-ring (bicyclic) bond motifs is 7. The van der Waals surface area contributed by atoms with Crippen molar-refractivity contribution in [3.05, 3.63) is 47.0 Å². The fraction of sp³-hybridized carbons (Fsp3) is 0.750. The Labute approximate surface area is 335 Å². The van der Waals surface area contributed by atoms with Crippen molar-refractivity contribution in [3.8, 4) is 0 Å². The third-order valence-corrected chi connectivity index (χ3v) is 18.3. The molecule has 1 aromatic rings. The van der Waals surface area contributed by atoms with Crippen molar-refractivity contribution >= 4 is 23.6 Å². The molecule has 0 radical (unpaired) electrons. The molecule has 0 spiro atoms. The van der Waals surface area contributed by atoms with Crippen molar-refractivity contribution in [2.45, 2.75) is 163 Å². The van der Waals surface area contributed by atoms with E-state index in [1.165, 1.54) is 5.57 Å². The summed E-state index contributed by atoms with van der Waals surface area (Å²) in [5, 5.41) is 3.46. The van der Waals surface area contributed by atoms with E-state index in [1.807, 2.05) is 44.2 Å². The van der Waals surface area contributed by atoms with Crippen molar-refractivity contribution < 1.29 is 28.7 Å². The summed E-state index contributed by atoms with van der Waals surface area (Å²) in [6.07, 6.45) is 9.98. The van der Waals surface area contributed by atoms with Gasteiger partial charge in [0.15, 0.2) is 5.78 Å². The van der Waals surface area contributed by atoms with E-state index in [0.29, 0.717) is 37.5 Å². The molecule has 1 amide bonds. The lowest BCUT2D eigenvalue weighted by Crippen LogP contribution is -2.68. The van der Waals surface area contributed by atoms with Crippen molar-refractivity contribution in [2.24, 2.45) is 68.3 Å². The summed E-state index contributed by atoms with van der Waals surface area (Å²) in [5.74, 6) is 0.310. The van der Waals surface area contributed by atoms with E-state index in [2.05, 4.69) is 53.8 Å². The zero-order valence-electron chi connectivity index (χ0n) is 35.6. The van der Waals surface area contributed by atoms with Crippen molar-refractivity contribution in [2.75, 3.05) is 0 Å². The first-order valence-electron chi connectivity index (χ1n) is 21.9. The predicted octanol–water partition coefficient (Wildman–Crippen LogP) is 8.64. The predicted molar refractivity (Wildman–Crippen MR) is 216 cm³/mol. The third-order valence-electron chi connectivity index (χ3n) is 18.3. The normalized spacial score (nSPS) is 41.3. The number of allylic oxidation sites excluding steroid dienone is 1. The van der Waals surface area contributed by atoms with Crippen LogP contribution in [-0.4, -0.2) is 40.8 Å². The number of rotatable bonds is 8. The maximum atomic E-state index is 14.0. The van der Waals surface area contributed by atoms with Gasteiger partial charge in [-0.25, -0.2) is 0 Å². The fourth-order valence-electron chi connectivity index (χ4n) is 14.4. The Hall–Kier alpha value is -3.00. The van der Waals surface area contributed by atoms with E-state index in [-0.39, 0.29) is 81.7 Å². The number of nitrogens with one attached hydrogen (secondary N) is 1. The Morgan fingerprint density at radius 2 is 1.46 bits per heavy atom. The smallest absolute Gasteiger partial charge is 0.309 e. The monoisotopic (exact) mass is 769 g/mol. The first kappa shape index (κ1) is 39.8. The molecule has 56 heavy (non-hydrogen) atoms. The van der Waals surface area contributed by atoms with Gasteiger partial charge in [0, 0.05) is 11.8 Å². The number of benzene rings is 1. The maximum absolute atomic E-state index is 14.0. The Bertz CT molecular complexity index is 1840. The van der Waals surface area contributed by atoms with Gasteiger partial charge in [-0.05, 0) is 133 Å². The Balaban J connectivity index is 0.984. The van der Waals surface area contributed by atoms with Crippen LogP contribution in [0.5, 0.6) is 0 Å². The molecule has 8 rings (SSSR count). The van der Waals surface area contributed by atoms with Crippen LogP contribution in [0.15, 0.2) is 41.5 Å². The molecule has 8 nitrogen and oxygen atoms in total. The minimum atomic E-state index is -0.784. The lowest BCUT2D eigenvalue weighted by atomic mass is 9.33. The number of ketones is 1.